The van der Waals surface area contributed by atoms with Crippen LogP contribution >= 0.6 is 0 Å². The molecule has 4 N–H and O–H groups in total. The zero-order valence-electron chi connectivity index (χ0n) is 15.6. The molecule has 1 aliphatic heterocycles. The average Bonchev–Trinajstić information content (AvgIpc) is 3.38. The Kier molecular flexibility index (Phi) is 5.23. The van der Waals surface area contributed by atoms with E-state index in [4.69, 9.17) is 5.73 Å². The number of H-pyrrole nitrogens is 1. The highest BCUT2D eigenvalue weighted by molar-refractivity contribution is 5.76. The summed E-state index contributed by atoms with van der Waals surface area (Å²) in [5, 5.41) is 10.4. The van der Waals surface area contributed by atoms with E-state index in [2.05, 4.69) is 32.6 Å². The van der Waals surface area contributed by atoms with Gasteiger partial charge in [-0.05, 0) is 42.5 Å². The monoisotopic (exact) mass is 376 g/mol. The molecule has 2 amide bonds. The Morgan fingerprint density at radius 3 is 2.96 bits per heavy atom. The molecule has 28 heavy (non-hydrogen) atoms. The number of carbonyl (C=O) groups excluding carboxylic acids is 1. The molecule has 1 aromatic carbocycles. The fourth-order valence-corrected chi connectivity index (χ4v) is 3.77. The van der Waals surface area contributed by atoms with Gasteiger partial charge in [-0.25, -0.2) is 9.78 Å². The lowest BCUT2D eigenvalue weighted by molar-refractivity contribution is 0.192. The van der Waals surface area contributed by atoms with Gasteiger partial charge in [0.1, 0.15) is 5.82 Å². The number of aromatic nitrogens is 3. The molecule has 3 heterocycles. The number of anilines is 1. The van der Waals surface area contributed by atoms with Crippen molar-refractivity contribution < 1.29 is 4.79 Å². The van der Waals surface area contributed by atoms with Crippen LogP contribution in [0.4, 0.5) is 10.6 Å². The molecule has 0 spiro atoms. The first-order valence-electron chi connectivity index (χ1n) is 9.56. The summed E-state index contributed by atoms with van der Waals surface area (Å²) in [6, 6.07) is 13.8. The third-order valence-corrected chi connectivity index (χ3v) is 5.14. The first-order valence-corrected chi connectivity index (χ1v) is 9.56. The lowest BCUT2D eigenvalue weighted by atomic mass is 10.0. The van der Waals surface area contributed by atoms with Gasteiger partial charge in [0, 0.05) is 24.8 Å². The lowest BCUT2D eigenvalue weighted by Crippen LogP contribution is -2.40. The van der Waals surface area contributed by atoms with Crippen LogP contribution in [0.1, 0.15) is 30.1 Å². The quantitative estimate of drug-likeness (QED) is 0.637. The Hall–Kier alpha value is -3.35. The first-order chi connectivity index (χ1) is 13.7. The van der Waals surface area contributed by atoms with Gasteiger partial charge >= 0.3 is 6.03 Å². The molecule has 1 aliphatic rings. The van der Waals surface area contributed by atoms with Gasteiger partial charge in [0.05, 0.1) is 17.9 Å². The molecular formula is C21H24N6O. The summed E-state index contributed by atoms with van der Waals surface area (Å²) in [4.78, 5) is 18.7. The van der Waals surface area contributed by atoms with Crippen molar-refractivity contribution in [3.63, 3.8) is 0 Å². The Morgan fingerprint density at radius 2 is 2.14 bits per heavy atom. The van der Waals surface area contributed by atoms with Crippen LogP contribution in [0, 0.1) is 0 Å². The van der Waals surface area contributed by atoms with Crippen molar-refractivity contribution in [1.29, 1.82) is 0 Å². The molecule has 7 nitrogen and oxygen atoms in total. The van der Waals surface area contributed by atoms with E-state index in [0.717, 1.165) is 42.6 Å². The topological polar surface area (TPSA) is 99.9 Å². The summed E-state index contributed by atoms with van der Waals surface area (Å²) >= 11 is 0. The van der Waals surface area contributed by atoms with Crippen LogP contribution in [0.3, 0.4) is 0 Å². The largest absolute Gasteiger partial charge is 0.384 e. The van der Waals surface area contributed by atoms with Gasteiger partial charge in [0.2, 0.25) is 0 Å². The fraction of sp³-hybridized carbons (Fsp3) is 0.286. The predicted octanol–water partition coefficient (Wildman–Crippen LogP) is 3.14. The zero-order valence-corrected chi connectivity index (χ0v) is 15.6. The van der Waals surface area contributed by atoms with Gasteiger partial charge in [0.25, 0.3) is 0 Å². The number of hydrogen-bond donors (Lipinski definition) is 3. The number of hydrogen-bond acceptors (Lipinski definition) is 4. The number of urea groups is 1. The summed E-state index contributed by atoms with van der Waals surface area (Å²) in [5.41, 5.74) is 9.90. The number of nitrogens with one attached hydrogen (secondary N) is 2. The van der Waals surface area contributed by atoms with Gasteiger partial charge in [-0.3, -0.25) is 5.10 Å². The van der Waals surface area contributed by atoms with Crippen LogP contribution < -0.4 is 11.1 Å². The molecule has 4 rings (SSSR count). The molecule has 0 saturated carbocycles. The van der Waals surface area contributed by atoms with E-state index in [1.807, 2.05) is 35.2 Å². The number of benzene rings is 1. The molecule has 144 valence electrons. The Morgan fingerprint density at radius 1 is 1.29 bits per heavy atom. The van der Waals surface area contributed by atoms with Crippen LogP contribution in [0.15, 0.2) is 54.9 Å². The van der Waals surface area contributed by atoms with Gasteiger partial charge in [0.15, 0.2) is 0 Å². The number of aromatic amines is 1. The van der Waals surface area contributed by atoms with Crippen LogP contribution in [0.2, 0.25) is 0 Å². The highest BCUT2D eigenvalue weighted by Crippen LogP contribution is 2.36. The smallest absolute Gasteiger partial charge is 0.317 e. The second-order valence-electron chi connectivity index (χ2n) is 6.99. The average molecular weight is 376 g/mol. The summed E-state index contributed by atoms with van der Waals surface area (Å²) < 4.78 is 0. The maximum Gasteiger partial charge on any atom is 0.317 e. The maximum atomic E-state index is 12.8. The summed E-state index contributed by atoms with van der Waals surface area (Å²) in [7, 11) is 0. The molecule has 1 saturated heterocycles. The minimum absolute atomic E-state index is 0.0244. The highest BCUT2D eigenvalue weighted by atomic mass is 16.2. The van der Waals surface area contributed by atoms with E-state index < -0.39 is 0 Å². The molecule has 2 aromatic heterocycles. The number of nitrogens with two attached hydrogens (primary N) is 1. The second-order valence-corrected chi connectivity index (χ2v) is 6.99. The van der Waals surface area contributed by atoms with E-state index >= 15 is 0 Å². The Balaban J connectivity index is 1.45. The Labute approximate surface area is 164 Å². The van der Waals surface area contributed by atoms with Gasteiger partial charge in [-0.1, -0.05) is 30.3 Å². The third kappa shape index (κ3) is 3.83. The highest BCUT2D eigenvalue weighted by Gasteiger charge is 2.32. The third-order valence-electron chi connectivity index (χ3n) is 5.14. The van der Waals surface area contributed by atoms with Crippen molar-refractivity contribution in [2.45, 2.75) is 25.3 Å². The molecule has 7 heteroatoms. The number of carbonyl (C=O) groups is 1. The summed E-state index contributed by atoms with van der Waals surface area (Å²) in [6.45, 7) is 1.35. The minimum Gasteiger partial charge on any atom is -0.384 e. The van der Waals surface area contributed by atoms with E-state index in [1.54, 1.807) is 12.4 Å². The zero-order chi connectivity index (χ0) is 19.3. The summed E-state index contributed by atoms with van der Waals surface area (Å²) in [5.74, 6) is 0.464. The van der Waals surface area contributed by atoms with Crippen molar-refractivity contribution >= 4 is 11.8 Å². The Bertz CT molecular complexity index is 939. The molecule has 0 unspecified atom stereocenters. The number of pyridine rings is 1. The SMILES string of the molecule is Nc1cc(-c2cn[nH]c2[C@H]2CCCN2C(=O)NCCc2ccccc2)ccn1. The standard InChI is InChI=1S/C21H24N6O/c22-19-13-16(9-11-23-19)17-14-25-26-20(17)18-7-4-12-27(18)21(28)24-10-8-15-5-2-1-3-6-15/h1-3,5-6,9,11,13-14,18H,4,7-8,10,12H2,(H2,22,23)(H,24,28)(H,25,26)/t18-/m1/s1. The lowest BCUT2D eigenvalue weighted by Gasteiger charge is -2.25. The van der Waals surface area contributed by atoms with E-state index in [1.165, 1.54) is 5.56 Å². The molecule has 3 aromatic rings. The van der Waals surface area contributed by atoms with E-state index in [0.29, 0.717) is 12.4 Å². The number of nitrogens with zero attached hydrogens (tertiary/aromatic N) is 3. The van der Waals surface area contributed by atoms with Gasteiger partial charge in [-0.2, -0.15) is 5.10 Å². The molecule has 0 bridgehead atoms. The molecule has 0 aliphatic carbocycles. The maximum absolute atomic E-state index is 12.8. The van der Waals surface area contributed by atoms with E-state index in [9.17, 15) is 4.79 Å². The van der Waals surface area contributed by atoms with Gasteiger partial charge < -0.3 is 16.0 Å². The second kappa shape index (κ2) is 8.12. The number of rotatable bonds is 5. The normalized spacial score (nSPS) is 16.3. The molecule has 1 atom stereocenters. The first kappa shape index (κ1) is 18.0. The molecule has 0 radical (unpaired) electrons. The molecule has 1 fully saturated rings. The van der Waals surface area contributed by atoms with Crippen LogP contribution in [-0.2, 0) is 6.42 Å². The van der Waals surface area contributed by atoms with Crippen molar-refractivity contribution in [3.8, 4) is 11.1 Å². The van der Waals surface area contributed by atoms with Crippen LogP contribution in [-0.4, -0.2) is 39.2 Å². The molecular weight excluding hydrogens is 352 g/mol. The minimum atomic E-state index is -0.0341. The fourth-order valence-electron chi connectivity index (χ4n) is 3.77. The number of amides is 2. The summed E-state index contributed by atoms with van der Waals surface area (Å²) in [6.07, 6.45) is 6.16. The van der Waals surface area contributed by atoms with Crippen molar-refractivity contribution in [3.05, 3.63) is 66.1 Å². The van der Waals surface area contributed by atoms with Crippen LogP contribution in [0.25, 0.3) is 11.1 Å². The predicted molar refractivity (Wildman–Crippen MR) is 108 cm³/mol. The number of likely N-dealkylation sites (tertiary alicyclic amines) is 1. The van der Waals surface area contributed by atoms with E-state index in [-0.39, 0.29) is 12.1 Å². The van der Waals surface area contributed by atoms with Crippen LogP contribution in [0.5, 0.6) is 0 Å². The van der Waals surface area contributed by atoms with Crippen molar-refractivity contribution in [2.24, 2.45) is 0 Å². The van der Waals surface area contributed by atoms with Crippen molar-refractivity contribution in [2.75, 3.05) is 18.8 Å². The van der Waals surface area contributed by atoms with Crippen molar-refractivity contribution in [1.82, 2.24) is 25.4 Å². The number of nitrogen functional groups attached to an aromatic ring is 1. The van der Waals surface area contributed by atoms with Gasteiger partial charge in [-0.15, -0.1) is 0 Å².